The molecule has 0 aromatic rings. The van der Waals surface area contributed by atoms with Gasteiger partial charge < -0.3 is 4.74 Å². The third-order valence-electron chi connectivity index (χ3n) is 7.01. The second-order valence-corrected chi connectivity index (χ2v) is 8.16. The van der Waals surface area contributed by atoms with Gasteiger partial charge in [-0.05, 0) is 75.8 Å². The molecule has 4 aliphatic rings. The first-order valence-corrected chi connectivity index (χ1v) is 9.03. The Hall–Kier alpha value is -0.570. The van der Waals surface area contributed by atoms with Gasteiger partial charge in [-0.1, -0.05) is 6.92 Å². The zero-order valence-corrected chi connectivity index (χ0v) is 13.5. The molecule has 0 aromatic carbocycles. The zero-order valence-electron chi connectivity index (χ0n) is 13.5. The smallest absolute Gasteiger partial charge is 0.302 e. The SMILES string of the molecule is CC(=O)O[C@H]1C[C@@H]2C[C@@H](C)C[C@]34[C@@H]2CCCN3CCC[C@H]14. The fourth-order valence-corrected chi connectivity index (χ4v) is 6.75. The Morgan fingerprint density at radius 1 is 1.14 bits per heavy atom. The van der Waals surface area contributed by atoms with Gasteiger partial charge in [0.05, 0.1) is 0 Å². The van der Waals surface area contributed by atoms with Crippen LogP contribution in [0.4, 0.5) is 0 Å². The lowest BCUT2D eigenvalue weighted by Gasteiger charge is -2.67. The first-order valence-electron chi connectivity index (χ1n) is 9.03. The minimum absolute atomic E-state index is 0.0751. The van der Waals surface area contributed by atoms with E-state index in [0.717, 1.165) is 24.2 Å². The topological polar surface area (TPSA) is 29.5 Å². The van der Waals surface area contributed by atoms with E-state index in [4.69, 9.17) is 4.74 Å². The van der Waals surface area contributed by atoms with Crippen LogP contribution in [-0.4, -0.2) is 35.6 Å². The predicted octanol–water partition coefficient (Wildman–Crippen LogP) is 3.23. The van der Waals surface area contributed by atoms with Crippen molar-refractivity contribution in [1.29, 1.82) is 0 Å². The molecule has 2 aliphatic heterocycles. The summed E-state index contributed by atoms with van der Waals surface area (Å²) in [6, 6.07) is 0. The second-order valence-electron chi connectivity index (χ2n) is 8.16. The fraction of sp³-hybridized carbons (Fsp3) is 0.944. The third-order valence-corrected chi connectivity index (χ3v) is 7.01. The van der Waals surface area contributed by atoms with Crippen molar-refractivity contribution in [2.24, 2.45) is 23.7 Å². The number of carbonyl (C=O) groups is 1. The average Bonchev–Trinajstić information content (AvgIpc) is 2.41. The summed E-state index contributed by atoms with van der Waals surface area (Å²) in [5.74, 6) is 3.02. The zero-order chi connectivity index (χ0) is 14.6. The quantitative estimate of drug-likeness (QED) is 0.695. The molecule has 0 radical (unpaired) electrons. The van der Waals surface area contributed by atoms with E-state index >= 15 is 0 Å². The summed E-state index contributed by atoms with van der Waals surface area (Å²) in [5, 5.41) is 0. The molecule has 0 N–H and O–H groups in total. The number of hydrogen-bond acceptors (Lipinski definition) is 3. The Kier molecular flexibility index (Phi) is 3.33. The predicted molar refractivity (Wildman–Crippen MR) is 81.8 cm³/mol. The van der Waals surface area contributed by atoms with Crippen LogP contribution in [0.2, 0.25) is 0 Å². The Balaban J connectivity index is 1.74. The molecule has 0 amide bonds. The highest BCUT2D eigenvalue weighted by Gasteiger charge is 2.62. The van der Waals surface area contributed by atoms with Gasteiger partial charge in [0.15, 0.2) is 0 Å². The van der Waals surface area contributed by atoms with Gasteiger partial charge in [-0.25, -0.2) is 0 Å². The number of esters is 1. The van der Waals surface area contributed by atoms with Crippen LogP contribution in [-0.2, 0) is 9.53 Å². The van der Waals surface area contributed by atoms with E-state index in [1.54, 1.807) is 6.92 Å². The first kappa shape index (κ1) is 14.0. The van der Waals surface area contributed by atoms with Gasteiger partial charge in [0, 0.05) is 18.4 Å². The molecule has 2 bridgehead atoms. The molecular formula is C18H29NO2. The van der Waals surface area contributed by atoms with Crippen molar-refractivity contribution in [3.63, 3.8) is 0 Å². The molecule has 3 nitrogen and oxygen atoms in total. The number of rotatable bonds is 1. The molecule has 2 saturated carbocycles. The Morgan fingerprint density at radius 2 is 1.86 bits per heavy atom. The molecule has 0 aromatic heterocycles. The van der Waals surface area contributed by atoms with Crippen LogP contribution in [0.1, 0.15) is 58.8 Å². The maximum Gasteiger partial charge on any atom is 0.302 e. The summed E-state index contributed by atoms with van der Waals surface area (Å²) in [7, 11) is 0. The van der Waals surface area contributed by atoms with Crippen molar-refractivity contribution in [1.82, 2.24) is 4.90 Å². The summed E-state index contributed by atoms with van der Waals surface area (Å²) in [6.45, 7) is 6.59. The minimum Gasteiger partial charge on any atom is -0.462 e. The lowest BCUT2D eigenvalue weighted by Crippen LogP contribution is -2.72. The van der Waals surface area contributed by atoms with E-state index in [2.05, 4.69) is 11.8 Å². The summed E-state index contributed by atoms with van der Waals surface area (Å²) < 4.78 is 5.83. The van der Waals surface area contributed by atoms with Crippen LogP contribution >= 0.6 is 0 Å². The number of piperidine rings is 2. The van der Waals surface area contributed by atoms with Crippen molar-refractivity contribution in [3.8, 4) is 0 Å². The first-order chi connectivity index (χ1) is 10.1. The molecule has 3 heteroatoms. The van der Waals surface area contributed by atoms with Crippen LogP contribution < -0.4 is 0 Å². The van der Waals surface area contributed by atoms with Gasteiger partial charge >= 0.3 is 5.97 Å². The maximum atomic E-state index is 11.6. The van der Waals surface area contributed by atoms with Crippen LogP contribution in [0.25, 0.3) is 0 Å². The van der Waals surface area contributed by atoms with Crippen molar-refractivity contribution >= 4 is 5.97 Å². The van der Waals surface area contributed by atoms with E-state index in [1.807, 2.05) is 0 Å². The van der Waals surface area contributed by atoms with Gasteiger partial charge in [-0.2, -0.15) is 0 Å². The molecule has 2 aliphatic carbocycles. The van der Waals surface area contributed by atoms with Crippen molar-refractivity contribution in [2.75, 3.05) is 13.1 Å². The van der Waals surface area contributed by atoms with Crippen LogP contribution in [0.15, 0.2) is 0 Å². The summed E-state index contributed by atoms with van der Waals surface area (Å²) in [4.78, 5) is 14.4. The minimum atomic E-state index is -0.0751. The van der Waals surface area contributed by atoms with Gasteiger partial charge in [0.1, 0.15) is 6.10 Å². The van der Waals surface area contributed by atoms with E-state index in [-0.39, 0.29) is 12.1 Å². The van der Waals surface area contributed by atoms with Gasteiger partial charge in [0.25, 0.3) is 0 Å². The fourth-order valence-electron chi connectivity index (χ4n) is 6.75. The van der Waals surface area contributed by atoms with Crippen molar-refractivity contribution in [3.05, 3.63) is 0 Å². The van der Waals surface area contributed by atoms with Gasteiger partial charge in [0.2, 0.25) is 0 Å². The number of hydrogen-bond donors (Lipinski definition) is 0. The molecule has 4 fully saturated rings. The van der Waals surface area contributed by atoms with E-state index in [9.17, 15) is 4.79 Å². The van der Waals surface area contributed by atoms with E-state index in [1.165, 1.54) is 51.6 Å². The largest absolute Gasteiger partial charge is 0.462 e. The maximum absolute atomic E-state index is 11.6. The van der Waals surface area contributed by atoms with E-state index < -0.39 is 0 Å². The van der Waals surface area contributed by atoms with Crippen molar-refractivity contribution < 1.29 is 9.53 Å². The Bertz CT molecular complexity index is 435. The molecular weight excluding hydrogens is 262 g/mol. The van der Waals surface area contributed by atoms with Gasteiger partial charge in [-0.3, -0.25) is 9.69 Å². The summed E-state index contributed by atoms with van der Waals surface area (Å²) in [6.07, 6.45) is 9.37. The molecule has 0 unspecified atom stereocenters. The average molecular weight is 291 g/mol. The Labute approximate surface area is 128 Å². The highest BCUT2D eigenvalue weighted by atomic mass is 16.5. The normalized spacial score (nSPS) is 49.3. The molecule has 21 heavy (non-hydrogen) atoms. The number of ether oxygens (including phenoxy) is 1. The third kappa shape index (κ3) is 1.99. The monoisotopic (exact) mass is 291 g/mol. The van der Waals surface area contributed by atoms with Crippen LogP contribution in [0.5, 0.6) is 0 Å². The van der Waals surface area contributed by atoms with Gasteiger partial charge in [-0.15, -0.1) is 0 Å². The lowest BCUT2D eigenvalue weighted by molar-refractivity contribution is -0.207. The molecule has 2 saturated heterocycles. The van der Waals surface area contributed by atoms with E-state index in [0.29, 0.717) is 11.5 Å². The second kappa shape index (κ2) is 4.97. The molecule has 118 valence electrons. The number of nitrogens with zero attached hydrogens (tertiary/aromatic N) is 1. The number of carbonyl (C=O) groups excluding carboxylic acids is 1. The molecule has 4 rings (SSSR count). The molecule has 6 atom stereocenters. The highest BCUT2D eigenvalue weighted by Crippen LogP contribution is 2.60. The van der Waals surface area contributed by atoms with Crippen LogP contribution in [0, 0.1) is 23.7 Å². The highest BCUT2D eigenvalue weighted by molar-refractivity contribution is 5.66. The molecule has 2 heterocycles. The standard InChI is InChI=1S/C18H29NO2/c1-12-9-14-10-17(21-13(2)20)16-6-4-8-19-7-3-5-15(14)18(16,19)11-12/h12,14-17H,3-11H2,1-2H3/t12-,14+,15-,16-,17+,18-/m1/s1. The summed E-state index contributed by atoms with van der Waals surface area (Å²) in [5.41, 5.74) is 0.372. The van der Waals surface area contributed by atoms with Crippen molar-refractivity contribution in [2.45, 2.75) is 70.4 Å². The van der Waals surface area contributed by atoms with Crippen LogP contribution in [0.3, 0.4) is 0 Å². The molecule has 1 spiro atoms. The summed E-state index contributed by atoms with van der Waals surface area (Å²) >= 11 is 0. The Morgan fingerprint density at radius 3 is 2.57 bits per heavy atom. The lowest BCUT2D eigenvalue weighted by atomic mass is 9.48.